The van der Waals surface area contributed by atoms with Crippen molar-refractivity contribution in [2.75, 3.05) is 0 Å². The first kappa shape index (κ1) is 15.7. The maximum Gasteiger partial charge on any atom is 0.358 e. The molecule has 5 heteroatoms. The highest BCUT2D eigenvalue weighted by Crippen LogP contribution is 2.28. The second kappa shape index (κ2) is 7.40. The van der Waals surface area contributed by atoms with Crippen molar-refractivity contribution in [3.8, 4) is 0 Å². The molecule has 0 aliphatic heterocycles. The van der Waals surface area contributed by atoms with E-state index in [4.69, 9.17) is 0 Å². The summed E-state index contributed by atoms with van der Waals surface area (Å²) in [4.78, 5) is 11.4. The molecule has 0 radical (unpaired) electrons. The van der Waals surface area contributed by atoms with Crippen LogP contribution in [-0.2, 0) is 13.0 Å². The standard InChI is InChI=1S/C18H23N3O2/c22-18(23)17-16(12-11-14-7-3-1-4-8-14)21(20-19-17)13-15-9-5-2-6-10-15/h2,5-6,9-10,14H,1,3-4,7-8,11-13H2,(H,22,23). The molecule has 2 aromatic rings. The lowest BCUT2D eigenvalue weighted by Gasteiger charge is -2.21. The molecule has 122 valence electrons. The number of carboxylic acids is 1. The first-order valence-corrected chi connectivity index (χ1v) is 8.43. The van der Waals surface area contributed by atoms with Crippen LogP contribution in [0.1, 0.15) is 60.3 Å². The Morgan fingerprint density at radius 3 is 2.61 bits per heavy atom. The molecule has 0 amide bonds. The van der Waals surface area contributed by atoms with E-state index in [0.29, 0.717) is 12.5 Å². The number of aromatic carboxylic acids is 1. The fourth-order valence-electron chi connectivity index (χ4n) is 3.45. The van der Waals surface area contributed by atoms with Gasteiger partial charge in [-0.1, -0.05) is 67.6 Å². The number of carboxylic acid groups (broad SMARTS) is 1. The molecule has 1 saturated carbocycles. The van der Waals surface area contributed by atoms with E-state index in [0.717, 1.165) is 24.1 Å². The minimum Gasteiger partial charge on any atom is -0.476 e. The highest BCUT2D eigenvalue weighted by molar-refractivity contribution is 5.86. The molecule has 1 aromatic carbocycles. The summed E-state index contributed by atoms with van der Waals surface area (Å²) in [6.07, 6.45) is 8.25. The van der Waals surface area contributed by atoms with Gasteiger partial charge < -0.3 is 5.11 Å². The second-order valence-corrected chi connectivity index (χ2v) is 6.38. The van der Waals surface area contributed by atoms with E-state index in [-0.39, 0.29) is 5.69 Å². The summed E-state index contributed by atoms with van der Waals surface area (Å²) in [6, 6.07) is 9.97. The molecule has 0 spiro atoms. The van der Waals surface area contributed by atoms with Gasteiger partial charge >= 0.3 is 5.97 Å². The minimum atomic E-state index is -0.983. The third-order valence-corrected chi connectivity index (χ3v) is 4.73. The van der Waals surface area contributed by atoms with Crippen LogP contribution in [-0.4, -0.2) is 26.1 Å². The van der Waals surface area contributed by atoms with Gasteiger partial charge in [-0.3, -0.25) is 0 Å². The number of carbonyl (C=O) groups is 1. The van der Waals surface area contributed by atoms with Gasteiger partial charge in [0.05, 0.1) is 12.2 Å². The van der Waals surface area contributed by atoms with Gasteiger partial charge in [-0.05, 0) is 24.3 Å². The van der Waals surface area contributed by atoms with Gasteiger partial charge in [-0.15, -0.1) is 5.10 Å². The average molecular weight is 313 g/mol. The second-order valence-electron chi connectivity index (χ2n) is 6.38. The Bertz CT molecular complexity index is 646. The van der Waals surface area contributed by atoms with Crippen LogP contribution in [0, 0.1) is 5.92 Å². The molecule has 0 unspecified atom stereocenters. The van der Waals surface area contributed by atoms with Gasteiger partial charge in [0.2, 0.25) is 0 Å². The predicted octanol–water partition coefficient (Wildman–Crippen LogP) is 3.54. The summed E-state index contributed by atoms with van der Waals surface area (Å²) in [5.41, 5.74) is 1.97. The van der Waals surface area contributed by atoms with Crippen molar-refractivity contribution in [3.63, 3.8) is 0 Å². The largest absolute Gasteiger partial charge is 0.476 e. The van der Waals surface area contributed by atoms with Gasteiger partial charge in [0, 0.05) is 0 Å². The van der Waals surface area contributed by atoms with Crippen LogP contribution in [0.5, 0.6) is 0 Å². The normalized spacial score (nSPS) is 15.7. The van der Waals surface area contributed by atoms with Crippen molar-refractivity contribution in [1.82, 2.24) is 15.0 Å². The van der Waals surface area contributed by atoms with Crippen LogP contribution in [0.4, 0.5) is 0 Å². The lowest BCUT2D eigenvalue weighted by molar-refractivity contribution is 0.0689. The van der Waals surface area contributed by atoms with E-state index in [1.54, 1.807) is 4.68 Å². The molecule has 1 N–H and O–H groups in total. The molecule has 23 heavy (non-hydrogen) atoms. The van der Waals surface area contributed by atoms with E-state index >= 15 is 0 Å². The highest BCUT2D eigenvalue weighted by atomic mass is 16.4. The molecule has 1 aliphatic rings. The Morgan fingerprint density at radius 2 is 1.91 bits per heavy atom. The molecule has 1 heterocycles. The Hall–Kier alpha value is -2.17. The Labute approximate surface area is 136 Å². The molecule has 1 aromatic heterocycles. The number of nitrogens with zero attached hydrogens (tertiary/aromatic N) is 3. The third-order valence-electron chi connectivity index (χ3n) is 4.73. The number of hydrogen-bond acceptors (Lipinski definition) is 3. The SMILES string of the molecule is O=C(O)c1nnn(Cc2ccccc2)c1CCC1CCCCC1. The molecule has 1 aliphatic carbocycles. The van der Waals surface area contributed by atoms with Gasteiger partial charge in [-0.25, -0.2) is 9.48 Å². The number of hydrogen-bond donors (Lipinski definition) is 1. The molecule has 1 fully saturated rings. The van der Waals surface area contributed by atoms with Crippen LogP contribution >= 0.6 is 0 Å². The lowest BCUT2D eigenvalue weighted by Crippen LogP contribution is -2.13. The van der Waals surface area contributed by atoms with Crippen molar-refractivity contribution < 1.29 is 9.90 Å². The third kappa shape index (κ3) is 3.97. The lowest BCUT2D eigenvalue weighted by atomic mass is 9.85. The maximum absolute atomic E-state index is 11.4. The van der Waals surface area contributed by atoms with Crippen molar-refractivity contribution in [1.29, 1.82) is 0 Å². The number of aromatic nitrogens is 3. The Morgan fingerprint density at radius 1 is 1.17 bits per heavy atom. The van der Waals surface area contributed by atoms with Crippen LogP contribution in [0.3, 0.4) is 0 Å². The molecule has 0 saturated heterocycles. The van der Waals surface area contributed by atoms with E-state index < -0.39 is 5.97 Å². The van der Waals surface area contributed by atoms with E-state index in [2.05, 4.69) is 10.3 Å². The first-order valence-electron chi connectivity index (χ1n) is 8.43. The molecule has 3 rings (SSSR count). The Balaban J connectivity index is 1.75. The van der Waals surface area contributed by atoms with Gasteiger partial charge in [0.1, 0.15) is 0 Å². The smallest absolute Gasteiger partial charge is 0.358 e. The quantitative estimate of drug-likeness (QED) is 0.885. The van der Waals surface area contributed by atoms with Gasteiger partial charge in [0.25, 0.3) is 0 Å². The summed E-state index contributed by atoms with van der Waals surface area (Å²) in [6.45, 7) is 0.571. The topological polar surface area (TPSA) is 68.0 Å². The van der Waals surface area contributed by atoms with Crippen LogP contribution < -0.4 is 0 Å². The van der Waals surface area contributed by atoms with Crippen molar-refractivity contribution in [2.45, 2.75) is 51.5 Å². The fraction of sp³-hybridized carbons (Fsp3) is 0.500. The summed E-state index contributed by atoms with van der Waals surface area (Å²) >= 11 is 0. The zero-order valence-electron chi connectivity index (χ0n) is 13.3. The van der Waals surface area contributed by atoms with Crippen LogP contribution in [0.15, 0.2) is 30.3 Å². The van der Waals surface area contributed by atoms with Crippen LogP contribution in [0.2, 0.25) is 0 Å². The summed E-state index contributed by atoms with van der Waals surface area (Å²) in [5, 5.41) is 17.3. The molecule has 0 atom stereocenters. The number of rotatable bonds is 6. The Kier molecular flexibility index (Phi) is 5.05. The monoisotopic (exact) mass is 313 g/mol. The molecular formula is C18H23N3O2. The van der Waals surface area contributed by atoms with E-state index in [9.17, 15) is 9.90 Å². The summed E-state index contributed by atoms with van der Waals surface area (Å²) in [7, 11) is 0. The van der Waals surface area contributed by atoms with Crippen molar-refractivity contribution in [3.05, 3.63) is 47.3 Å². The summed E-state index contributed by atoms with van der Waals surface area (Å²) < 4.78 is 1.75. The van der Waals surface area contributed by atoms with Crippen molar-refractivity contribution in [2.24, 2.45) is 5.92 Å². The predicted molar refractivity (Wildman–Crippen MR) is 87.4 cm³/mol. The van der Waals surface area contributed by atoms with Crippen LogP contribution in [0.25, 0.3) is 0 Å². The average Bonchev–Trinajstić information content (AvgIpc) is 2.98. The number of benzene rings is 1. The zero-order valence-corrected chi connectivity index (χ0v) is 13.3. The van der Waals surface area contributed by atoms with Gasteiger partial charge in [-0.2, -0.15) is 0 Å². The summed E-state index contributed by atoms with van der Waals surface area (Å²) in [5.74, 6) is -0.270. The van der Waals surface area contributed by atoms with E-state index in [1.807, 2.05) is 30.3 Å². The van der Waals surface area contributed by atoms with E-state index in [1.165, 1.54) is 32.1 Å². The van der Waals surface area contributed by atoms with Crippen molar-refractivity contribution >= 4 is 5.97 Å². The molecular weight excluding hydrogens is 290 g/mol. The zero-order chi connectivity index (χ0) is 16.1. The molecule has 5 nitrogen and oxygen atoms in total. The fourth-order valence-corrected chi connectivity index (χ4v) is 3.45. The maximum atomic E-state index is 11.4. The highest BCUT2D eigenvalue weighted by Gasteiger charge is 2.21. The van der Waals surface area contributed by atoms with Gasteiger partial charge in [0.15, 0.2) is 5.69 Å². The molecule has 0 bridgehead atoms. The minimum absolute atomic E-state index is 0.108. The first-order chi connectivity index (χ1) is 11.2.